The van der Waals surface area contributed by atoms with Crippen LogP contribution in [0.25, 0.3) is 10.9 Å². The Morgan fingerprint density at radius 2 is 1.80 bits per heavy atom. The number of aromatic nitrogens is 1. The zero-order valence-corrected chi connectivity index (χ0v) is 9.28. The molecule has 1 aromatic heterocycles. The second-order valence-corrected chi connectivity index (χ2v) is 4.82. The van der Waals surface area contributed by atoms with Crippen LogP contribution in [-0.4, -0.2) is 10.1 Å². The fourth-order valence-corrected chi connectivity index (χ4v) is 1.53. The third-order valence-corrected chi connectivity index (χ3v) is 2.44. The van der Waals surface area contributed by atoms with E-state index in [1.54, 1.807) is 12.1 Å². The summed E-state index contributed by atoms with van der Waals surface area (Å²) in [5, 5.41) is 10.3. The number of nitrogens with zero attached hydrogens (tertiary/aromatic N) is 1. The molecule has 2 heteroatoms. The van der Waals surface area contributed by atoms with Gasteiger partial charge in [-0.05, 0) is 24.3 Å². The Balaban J connectivity index is 2.62. The SMILES string of the molecule is CC(C)(C)c1ccc2cc(O)ccc2n1. The van der Waals surface area contributed by atoms with E-state index in [0.717, 1.165) is 16.6 Å². The zero-order valence-electron chi connectivity index (χ0n) is 9.28. The van der Waals surface area contributed by atoms with Crippen LogP contribution in [-0.2, 0) is 5.41 Å². The van der Waals surface area contributed by atoms with Gasteiger partial charge in [0.25, 0.3) is 0 Å². The van der Waals surface area contributed by atoms with Gasteiger partial charge in [0.2, 0.25) is 0 Å². The average molecular weight is 201 g/mol. The summed E-state index contributed by atoms with van der Waals surface area (Å²) in [5.41, 5.74) is 2.06. The van der Waals surface area contributed by atoms with Gasteiger partial charge >= 0.3 is 0 Å². The molecule has 0 spiro atoms. The van der Waals surface area contributed by atoms with Crippen molar-refractivity contribution >= 4 is 10.9 Å². The van der Waals surface area contributed by atoms with Gasteiger partial charge in [-0.15, -0.1) is 0 Å². The molecule has 2 rings (SSSR count). The highest BCUT2D eigenvalue weighted by molar-refractivity contribution is 5.80. The number of benzene rings is 1. The van der Waals surface area contributed by atoms with Crippen molar-refractivity contribution in [2.24, 2.45) is 0 Å². The maximum Gasteiger partial charge on any atom is 0.116 e. The van der Waals surface area contributed by atoms with Gasteiger partial charge in [0.05, 0.1) is 5.52 Å². The third kappa shape index (κ3) is 1.94. The number of phenolic OH excluding ortho intramolecular Hbond substituents is 1. The first-order valence-corrected chi connectivity index (χ1v) is 5.07. The number of pyridine rings is 1. The highest BCUT2D eigenvalue weighted by atomic mass is 16.3. The van der Waals surface area contributed by atoms with Crippen LogP contribution in [0.2, 0.25) is 0 Å². The molecule has 0 amide bonds. The molecule has 0 aliphatic heterocycles. The monoisotopic (exact) mass is 201 g/mol. The normalized spacial score (nSPS) is 11.9. The molecular weight excluding hydrogens is 186 g/mol. The molecule has 0 fully saturated rings. The fourth-order valence-electron chi connectivity index (χ4n) is 1.53. The summed E-state index contributed by atoms with van der Waals surface area (Å²) in [6, 6.07) is 9.26. The first-order chi connectivity index (χ1) is 6.97. The lowest BCUT2D eigenvalue weighted by molar-refractivity contribution is 0.476. The van der Waals surface area contributed by atoms with Gasteiger partial charge in [-0.25, -0.2) is 0 Å². The molecule has 0 bridgehead atoms. The predicted octanol–water partition coefficient (Wildman–Crippen LogP) is 3.24. The van der Waals surface area contributed by atoms with Crippen LogP contribution in [0.15, 0.2) is 30.3 Å². The molecule has 2 aromatic rings. The number of aromatic hydroxyl groups is 1. The Hall–Kier alpha value is -1.57. The second kappa shape index (κ2) is 3.23. The molecule has 0 radical (unpaired) electrons. The first-order valence-electron chi connectivity index (χ1n) is 5.07. The molecule has 15 heavy (non-hydrogen) atoms. The van der Waals surface area contributed by atoms with Crippen LogP contribution in [0.3, 0.4) is 0 Å². The van der Waals surface area contributed by atoms with E-state index in [1.165, 1.54) is 0 Å². The smallest absolute Gasteiger partial charge is 0.116 e. The largest absolute Gasteiger partial charge is 0.508 e. The summed E-state index contributed by atoms with van der Waals surface area (Å²) < 4.78 is 0. The van der Waals surface area contributed by atoms with E-state index in [4.69, 9.17) is 0 Å². The Bertz CT molecular complexity index is 497. The van der Waals surface area contributed by atoms with Gasteiger partial charge in [0.1, 0.15) is 5.75 Å². The maximum atomic E-state index is 9.33. The Labute approximate surface area is 89.6 Å². The summed E-state index contributed by atoms with van der Waals surface area (Å²) >= 11 is 0. The zero-order chi connectivity index (χ0) is 11.1. The minimum absolute atomic E-state index is 0.0616. The Morgan fingerprint density at radius 3 is 2.47 bits per heavy atom. The molecule has 2 nitrogen and oxygen atoms in total. The third-order valence-electron chi connectivity index (χ3n) is 2.44. The van der Waals surface area contributed by atoms with E-state index in [0.29, 0.717) is 0 Å². The van der Waals surface area contributed by atoms with Crippen LogP contribution in [0.5, 0.6) is 5.75 Å². The van der Waals surface area contributed by atoms with Crippen LogP contribution in [0, 0.1) is 0 Å². The Morgan fingerprint density at radius 1 is 1.07 bits per heavy atom. The average Bonchev–Trinajstić information content (AvgIpc) is 2.15. The number of rotatable bonds is 0. The molecule has 78 valence electrons. The van der Waals surface area contributed by atoms with Crippen molar-refractivity contribution in [1.82, 2.24) is 4.98 Å². The van der Waals surface area contributed by atoms with Crippen LogP contribution in [0.1, 0.15) is 26.5 Å². The van der Waals surface area contributed by atoms with Gasteiger partial charge < -0.3 is 5.11 Å². The van der Waals surface area contributed by atoms with Gasteiger partial charge in [-0.3, -0.25) is 4.98 Å². The second-order valence-electron chi connectivity index (χ2n) is 4.82. The van der Waals surface area contributed by atoms with Crippen molar-refractivity contribution in [2.75, 3.05) is 0 Å². The summed E-state index contributed by atoms with van der Waals surface area (Å²) in [6.07, 6.45) is 0. The lowest BCUT2D eigenvalue weighted by Crippen LogP contribution is -2.13. The van der Waals surface area contributed by atoms with Gasteiger partial charge in [0, 0.05) is 16.5 Å². The Kier molecular flexibility index (Phi) is 2.14. The molecule has 1 heterocycles. The highest BCUT2D eigenvalue weighted by Crippen LogP contribution is 2.24. The summed E-state index contributed by atoms with van der Waals surface area (Å²) in [7, 11) is 0. The minimum Gasteiger partial charge on any atom is -0.508 e. The van der Waals surface area contributed by atoms with Crippen molar-refractivity contribution in [3.05, 3.63) is 36.0 Å². The van der Waals surface area contributed by atoms with E-state index in [1.807, 2.05) is 18.2 Å². The predicted molar refractivity (Wildman–Crippen MR) is 62.1 cm³/mol. The van der Waals surface area contributed by atoms with Crippen LogP contribution < -0.4 is 0 Å². The van der Waals surface area contributed by atoms with Crippen molar-refractivity contribution in [2.45, 2.75) is 26.2 Å². The molecule has 0 aliphatic carbocycles. The number of fused-ring (bicyclic) bond motifs is 1. The van der Waals surface area contributed by atoms with Crippen molar-refractivity contribution in [3.63, 3.8) is 0 Å². The van der Waals surface area contributed by atoms with Gasteiger partial charge in [-0.1, -0.05) is 26.8 Å². The fraction of sp³-hybridized carbons (Fsp3) is 0.308. The van der Waals surface area contributed by atoms with Crippen molar-refractivity contribution in [3.8, 4) is 5.75 Å². The van der Waals surface area contributed by atoms with E-state index >= 15 is 0 Å². The summed E-state index contributed by atoms with van der Waals surface area (Å²) in [4.78, 5) is 4.58. The van der Waals surface area contributed by atoms with E-state index in [2.05, 4.69) is 25.8 Å². The molecule has 0 saturated carbocycles. The lowest BCUT2D eigenvalue weighted by atomic mass is 9.91. The summed E-state index contributed by atoms with van der Waals surface area (Å²) in [5.74, 6) is 0.285. The highest BCUT2D eigenvalue weighted by Gasteiger charge is 2.15. The molecule has 0 atom stereocenters. The molecule has 1 aromatic carbocycles. The topological polar surface area (TPSA) is 33.1 Å². The molecule has 0 unspecified atom stereocenters. The van der Waals surface area contributed by atoms with Crippen molar-refractivity contribution < 1.29 is 5.11 Å². The quantitative estimate of drug-likeness (QED) is 0.709. The van der Waals surface area contributed by atoms with E-state index in [-0.39, 0.29) is 11.2 Å². The lowest BCUT2D eigenvalue weighted by Gasteiger charge is -2.17. The van der Waals surface area contributed by atoms with Gasteiger partial charge in [-0.2, -0.15) is 0 Å². The standard InChI is InChI=1S/C13H15NO/c1-13(2,3)12-7-4-9-8-10(15)5-6-11(9)14-12/h4-8,15H,1-3H3. The molecule has 0 saturated heterocycles. The number of phenols is 1. The van der Waals surface area contributed by atoms with E-state index in [9.17, 15) is 5.11 Å². The van der Waals surface area contributed by atoms with E-state index < -0.39 is 0 Å². The minimum atomic E-state index is 0.0616. The molecule has 0 aliphatic rings. The maximum absolute atomic E-state index is 9.33. The number of hydrogen-bond acceptors (Lipinski definition) is 2. The summed E-state index contributed by atoms with van der Waals surface area (Å²) in [6.45, 7) is 6.42. The van der Waals surface area contributed by atoms with Crippen molar-refractivity contribution in [1.29, 1.82) is 0 Å². The van der Waals surface area contributed by atoms with Crippen LogP contribution in [0.4, 0.5) is 0 Å². The molecular formula is C13H15NO. The van der Waals surface area contributed by atoms with Gasteiger partial charge in [0.15, 0.2) is 0 Å². The first kappa shape index (κ1) is 9.97. The number of hydrogen-bond donors (Lipinski definition) is 1. The van der Waals surface area contributed by atoms with Crippen LogP contribution >= 0.6 is 0 Å². The molecule has 1 N–H and O–H groups in total.